The Bertz CT molecular complexity index is 585. The third kappa shape index (κ3) is 2.78. The van der Waals surface area contributed by atoms with Crippen LogP contribution in [0.15, 0.2) is 35.2 Å². The van der Waals surface area contributed by atoms with Gasteiger partial charge in [-0.25, -0.2) is 4.79 Å². The first-order valence-corrected chi connectivity index (χ1v) is 6.56. The van der Waals surface area contributed by atoms with Crippen LogP contribution in [0.3, 0.4) is 0 Å². The number of hydrogen-bond acceptors (Lipinski definition) is 6. The van der Waals surface area contributed by atoms with E-state index >= 15 is 0 Å². The zero-order chi connectivity index (χ0) is 12.4. The van der Waals surface area contributed by atoms with Gasteiger partial charge < -0.3 is 5.11 Å². The maximum absolute atomic E-state index is 11.3. The average Bonchev–Trinajstić information content (AvgIpc) is 2.17. The Morgan fingerprint density at radius 2 is 1.56 bits per heavy atom. The summed E-state index contributed by atoms with van der Waals surface area (Å²) in [6.45, 7) is 0. The lowest BCUT2D eigenvalue weighted by molar-refractivity contribution is 0.216. The van der Waals surface area contributed by atoms with Crippen molar-refractivity contribution >= 4 is 25.5 Å². The van der Waals surface area contributed by atoms with Crippen molar-refractivity contribution in [1.82, 2.24) is 0 Å². The molecule has 1 rings (SSSR count). The molecule has 0 spiro atoms. The van der Waals surface area contributed by atoms with E-state index in [4.69, 9.17) is 5.11 Å². The summed E-state index contributed by atoms with van der Waals surface area (Å²) in [5.41, 5.74) is 0. The van der Waals surface area contributed by atoms with Gasteiger partial charge in [0.1, 0.15) is 0 Å². The van der Waals surface area contributed by atoms with Crippen molar-refractivity contribution in [1.29, 1.82) is 0 Å². The Morgan fingerprint density at radius 1 is 1.06 bits per heavy atom. The van der Waals surface area contributed by atoms with Gasteiger partial charge in [-0.15, -0.1) is 3.63 Å². The molecule has 0 aliphatic heterocycles. The van der Waals surface area contributed by atoms with Crippen LogP contribution in [0.1, 0.15) is 0 Å². The molecule has 9 heteroatoms. The molecule has 1 N–H and O–H groups in total. The number of hydrogen-bond donors (Lipinski definition) is 1. The highest BCUT2D eigenvalue weighted by Crippen LogP contribution is 2.14. The van der Waals surface area contributed by atoms with E-state index < -0.39 is 30.4 Å². The van der Waals surface area contributed by atoms with Crippen LogP contribution in [0.2, 0.25) is 0 Å². The largest absolute Gasteiger partial charge is 0.468 e. The first-order valence-electron chi connectivity index (χ1n) is 3.75. The van der Waals surface area contributed by atoms with Crippen LogP contribution >= 0.6 is 0 Å². The van der Waals surface area contributed by atoms with E-state index in [1.807, 2.05) is 0 Å². The van der Waals surface area contributed by atoms with Crippen molar-refractivity contribution in [3.63, 3.8) is 0 Å². The molecule has 0 aliphatic rings. The lowest BCUT2D eigenvalue weighted by atomic mass is 10.4. The number of benzene rings is 1. The lowest BCUT2D eigenvalue weighted by Crippen LogP contribution is -2.20. The van der Waals surface area contributed by atoms with Crippen LogP contribution < -0.4 is 0 Å². The first-order chi connectivity index (χ1) is 7.26. The highest BCUT2D eigenvalue weighted by atomic mass is 32.3. The predicted octanol–water partition coefficient (Wildman–Crippen LogP) is 0.400. The normalized spacial score (nSPS) is 12.2. The monoisotopic (exact) mass is 266 g/mol. The summed E-state index contributed by atoms with van der Waals surface area (Å²) in [5.74, 6) is 0. The Hall–Kier alpha value is -1.45. The molecule has 0 unspecified atom stereocenters. The van der Waals surface area contributed by atoms with Crippen molar-refractivity contribution < 1.29 is 30.4 Å². The maximum Gasteiger partial charge on any atom is 0.450 e. The molecule has 0 fully saturated rings. The lowest BCUT2D eigenvalue weighted by Gasteiger charge is -2.02. The summed E-state index contributed by atoms with van der Waals surface area (Å²) in [6.07, 6.45) is 0. The van der Waals surface area contributed by atoms with E-state index in [1.165, 1.54) is 18.2 Å². The number of carbonyl (C=O) groups is 1. The van der Waals surface area contributed by atoms with Crippen molar-refractivity contribution in [2.45, 2.75) is 4.90 Å². The van der Waals surface area contributed by atoms with Crippen molar-refractivity contribution in [2.75, 3.05) is 0 Å². The molecule has 0 aromatic heterocycles. The van der Waals surface area contributed by atoms with Gasteiger partial charge in [0.25, 0.3) is 0 Å². The molecule has 0 aliphatic carbocycles. The zero-order valence-corrected chi connectivity index (χ0v) is 9.23. The fourth-order valence-electron chi connectivity index (χ4n) is 0.773. The fourth-order valence-corrected chi connectivity index (χ4v) is 2.75. The molecule has 1 aromatic rings. The summed E-state index contributed by atoms with van der Waals surface area (Å²) in [5, 5.41) is 5.81. The second kappa shape index (κ2) is 4.20. The summed E-state index contributed by atoms with van der Waals surface area (Å²) >= 11 is 0. The van der Waals surface area contributed by atoms with Gasteiger partial charge in [-0.1, -0.05) is 18.2 Å². The molecule has 16 heavy (non-hydrogen) atoms. The van der Waals surface area contributed by atoms with Crippen LogP contribution in [0.4, 0.5) is 4.79 Å². The summed E-state index contributed by atoms with van der Waals surface area (Å²) < 4.78 is 47.6. The molecule has 0 heterocycles. The van der Waals surface area contributed by atoms with Gasteiger partial charge in [-0.3, -0.25) is 0 Å². The quantitative estimate of drug-likeness (QED) is 0.841. The van der Waals surface area contributed by atoms with Crippen LogP contribution in [0, 0.1) is 0 Å². The zero-order valence-electron chi connectivity index (χ0n) is 7.60. The average molecular weight is 266 g/mol. The molecule has 0 radical (unpaired) electrons. The summed E-state index contributed by atoms with van der Waals surface area (Å²) in [4.78, 5) is 9.71. The standard InChI is InChI=1S/C7H6O7S2/c8-7(9)16(12,13)14-15(10,11)6-4-2-1-3-5-6/h1-5H,(H,8,9). The van der Waals surface area contributed by atoms with Gasteiger partial charge in [-0.2, -0.15) is 16.8 Å². The van der Waals surface area contributed by atoms with E-state index in [9.17, 15) is 21.6 Å². The Kier molecular flexibility index (Phi) is 3.31. The van der Waals surface area contributed by atoms with Crippen LogP contribution in [0.5, 0.6) is 0 Å². The van der Waals surface area contributed by atoms with E-state index in [0.717, 1.165) is 12.1 Å². The maximum atomic E-state index is 11.3. The molecule has 0 atom stereocenters. The predicted molar refractivity (Wildman–Crippen MR) is 51.7 cm³/mol. The van der Waals surface area contributed by atoms with Gasteiger partial charge in [0.2, 0.25) is 0 Å². The van der Waals surface area contributed by atoms with Gasteiger partial charge in [-0.05, 0) is 12.1 Å². The van der Waals surface area contributed by atoms with Gasteiger partial charge in [0, 0.05) is 0 Å². The fraction of sp³-hybridized carbons (Fsp3) is 0. The number of rotatable bonds is 3. The minimum absolute atomic E-state index is 0.445. The smallest absolute Gasteiger partial charge is 0.450 e. The minimum Gasteiger partial charge on any atom is -0.468 e. The summed E-state index contributed by atoms with van der Waals surface area (Å²) in [6, 6.07) is 6.33. The molecule has 1 aromatic carbocycles. The van der Waals surface area contributed by atoms with Gasteiger partial charge in [0.05, 0.1) is 4.90 Å². The van der Waals surface area contributed by atoms with E-state index in [1.54, 1.807) is 0 Å². The SMILES string of the molecule is O=C(O)S(=O)(=O)OS(=O)(=O)c1ccccc1. The molecule has 0 amide bonds. The van der Waals surface area contributed by atoms with Gasteiger partial charge in [0.15, 0.2) is 0 Å². The number of carboxylic acid groups (broad SMARTS) is 1. The van der Waals surface area contributed by atoms with Crippen molar-refractivity contribution in [3.8, 4) is 0 Å². The van der Waals surface area contributed by atoms with E-state index in [-0.39, 0.29) is 0 Å². The highest BCUT2D eigenvalue weighted by molar-refractivity contribution is 8.08. The van der Waals surface area contributed by atoms with Crippen molar-refractivity contribution in [2.24, 2.45) is 0 Å². The van der Waals surface area contributed by atoms with E-state index in [0.29, 0.717) is 0 Å². The van der Waals surface area contributed by atoms with Gasteiger partial charge >= 0.3 is 25.5 Å². The topological polar surface area (TPSA) is 115 Å². The molecule has 0 saturated heterocycles. The molecular weight excluding hydrogens is 260 g/mol. The minimum atomic E-state index is -5.18. The Labute approximate surface area is 91.5 Å². The van der Waals surface area contributed by atoms with Crippen LogP contribution in [-0.2, 0) is 23.9 Å². The molecule has 0 saturated carbocycles. The molecule has 0 bridgehead atoms. The van der Waals surface area contributed by atoms with E-state index in [2.05, 4.69) is 3.63 Å². The second-order valence-electron chi connectivity index (χ2n) is 2.56. The van der Waals surface area contributed by atoms with Crippen molar-refractivity contribution in [3.05, 3.63) is 30.3 Å². The Balaban J connectivity index is 3.13. The molecular formula is C7H6O7S2. The first kappa shape index (κ1) is 12.6. The highest BCUT2D eigenvalue weighted by Gasteiger charge is 2.31. The summed E-state index contributed by atoms with van der Waals surface area (Å²) in [7, 11) is -9.81. The molecule has 7 nitrogen and oxygen atoms in total. The molecule has 88 valence electrons. The Morgan fingerprint density at radius 3 is 2.00 bits per heavy atom. The third-order valence-corrected chi connectivity index (χ3v) is 4.14. The third-order valence-electron chi connectivity index (χ3n) is 1.42. The second-order valence-corrected chi connectivity index (χ2v) is 5.74. The van der Waals surface area contributed by atoms with Crippen LogP contribution in [0.25, 0.3) is 0 Å². The van der Waals surface area contributed by atoms with Crippen LogP contribution in [-0.4, -0.2) is 27.2 Å².